The van der Waals surface area contributed by atoms with E-state index in [0.717, 1.165) is 17.1 Å². The fourth-order valence-corrected chi connectivity index (χ4v) is 11.4. The highest BCUT2D eigenvalue weighted by Crippen LogP contribution is 2.49. The van der Waals surface area contributed by atoms with Crippen molar-refractivity contribution in [2.45, 2.75) is 0 Å². The van der Waals surface area contributed by atoms with Crippen LogP contribution in [-0.4, -0.2) is 4.57 Å². The van der Waals surface area contributed by atoms with Gasteiger partial charge in [0.1, 0.15) is 0 Å². The van der Waals surface area contributed by atoms with Crippen LogP contribution in [0, 0.1) is 0 Å². The van der Waals surface area contributed by atoms with Gasteiger partial charge in [-0.05, 0) is 77.4 Å². The van der Waals surface area contributed by atoms with Crippen LogP contribution in [0.2, 0.25) is 0 Å². The molecule has 3 aromatic heterocycles. The molecule has 2 nitrogen and oxygen atoms in total. The van der Waals surface area contributed by atoms with Gasteiger partial charge in [0.15, 0.2) is 0 Å². The van der Waals surface area contributed by atoms with E-state index in [2.05, 4.69) is 216 Å². The normalized spacial score (nSPS) is 11.8. The molecule has 0 aliphatic heterocycles. The number of anilines is 3. The van der Waals surface area contributed by atoms with Crippen molar-refractivity contribution in [2.75, 3.05) is 4.90 Å². The second-order valence-corrected chi connectivity index (χ2v) is 17.0. The number of para-hydroxylation sites is 2. The van der Waals surface area contributed by atoms with Crippen LogP contribution in [0.15, 0.2) is 206 Å². The third-order valence-electron chi connectivity index (χ3n) is 11.6. The quantitative estimate of drug-likeness (QED) is 0.163. The molecular weight excluding hydrogens is 741 g/mol. The Morgan fingerprint density at radius 2 is 0.914 bits per heavy atom. The molecule has 0 N–H and O–H groups in total. The third-order valence-corrected chi connectivity index (χ3v) is 14.0. The number of hydrogen-bond acceptors (Lipinski definition) is 3. The van der Waals surface area contributed by atoms with Gasteiger partial charge in [-0.15, -0.1) is 22.7 Å². The van der Waals surface area contributed by atoms with Gasteiger partial charge in [0.2, 0.25) is 0 Å². The summed E-state index contributed by atoms with van der Waals surface area (Å²) in [7, 11) is 0. The maximum absolute atomic E-state index is 2.49. The van der Waals surface area contributed by atoms with Gasteiger partial charge < -0.3 is 9.47 Å². The molecule has 12 aromatic rings. The van der Waals surface area contributed by atoms with E-state index in [-0.39, 0.29) is 0 Å². The molecule has 0 amide bonds. The van der Waals surface area contributed by atoms with Crippen LogP contribution in [0.5, 0.6) is 0 Å². The first-order chi connectivity index (χ1) is 28.8. The average molecular weight is 775 g/mol. The molecule has 0 spiro atoms. The van der Waals surface area contributed by atoms with E-state index < -0.39 is 0 Å². The summed E-state index contributed by atoms with van der Waals surface area (Å²) in [5, 5.41) is 7.67. The number of rotatable bonds is 6. The number of hydrogen-bond donors (Lipinski definition) is 0. The van der Waals surface area contributed by atoms with Gasteiger partial charge in [0.05, 0.1) is 21.4 Å². The summed E-state index contributed by atoms with van der Waals surface area (Å²) in [5.41, 5.74) is 11.8. The van der Waals surface area contributed by atoms with Crippen molar-refractivity contribution in [3.05, 3.63) is 206 Å². The van der Waals surface area contributed by atoms with Crippen molar-refractivity contribution in [1.29, 1.82) is 0 Å². The molecule has 0 aliphatic rings. The van der Waals surface area contributed by atoms with Gasteiger partial charge in [0, 0.05) is 69.0 Å². The Bertz CT molecular complexity index is 3520. The molecule has 0 saturated heterocycles. The Labute approximate surface area is 343 Å². The van der Waals surface area contributed by atoms with Crippen LogP contribution in [0.4, 0.5) is 17.1 Å². The highest BCUT2D eigenvalue weighted by molar-refractivity contribution is 7.26. The van der Waals surface area contributed by atoms with Gasteiger partial charge in [-0.1, -0.05) is 146 Å². The average Bonchev–Trinajstić information content (AvgIpc) is 3.97. The minimum Gasteiger partial charge on any atom is -0.309 e. The van der Waals surface area contributed by atoms with Crippen LogP contribution in [0.1, 0.15) is 0 Å². The number of aromatic nitrogens is 1. The topological polar surface area (TPSA) is 8.17 Å². The SMILES string of the molecule is c1ccc(-c2cc(N(c3ccc4c5ccccc5n(-c5ccccc5)c4c3)c3cccc4c3sc3ccccc34)ccc2-c2cccc3c2sc2ccccc23)cc1. The Balaban J connectivity index is 1.15. The molecule has 272 valence electrons. The molecule has 0 bridgehead atoms. The third kappa shape index (κ3) is 5.16. The zero-order valence-corrected chi connectivity index (χ0v) is 33.0. The van der Waals surface area contributed by atoms with Gasteiger partial charge in [-0.25, -0.2) is 0 Å². The van der Waals surface area contributed by atoms with Crippen LogP contribution >= 0.6 is 22.7 Å². The predicted molar refractivity (Wildman–Crippen MR) is 252 cm³/mol. The fourth-order valence-electron chi connectivity index (χ4n) is 9.01. The second kappa shape index (κ2) is 13.3. The van der Waals surface area contributed by atoms with Crippen molar-refractivity contribution in [1.82, 2.24) is 4.57 Å². The largest absolute Gasteiger partial charge is 0.309 e. The summed E-state index contributed by atoms with van der Waals surface area (Å²) >= 11 is 3.76. The second-order valence-electron chi connectivity index (χ2n) is 14.9. The molecule has 9 aromatic carbocycles. The first kappa shape index (κ1) is 33.2. The van der Waals surface area contributed by atoms with Gasteiger partial charge in [-0.2, -0.15) is 0 Å². The lowest BCUT2D eigenvalue weighted by Gasteiger charge is -2.27. The van der Waals surface area contributed by atoms with Crippen LogP contribution < -0.4 is 4.90 Å². The highest BCUT2D eigenvalue weighted by atomic mass is 32.1. The lowest BCUT2D eigenvalue weighted by Crippen LogP contribution is -2.10. The van der Waals surface area contributed by atoms with Crippen molar-refractivity contribution >= 4 is 102 Å². The number of benzene rings is 9. The first-order valence-corrected chi connectivity index (χ1v) is 21.3. The van der Waals surface area contributed by atoms with E-state index >= 15 is 0 Å². The summed E-state index contributed by atoms with van der Waals surface area (Å²) in [5.74, 6) is 0. The molecule has 0 radical (unpaired) electrons. The minimum atomic E-state index is 1.11. The molecule has 12 rings (SSSR count). The van der Waals surface area contributed by atoms with Crippen molar-refractivity contribution in [2.24, 2.45) is 0 Å². The molecule has 3 heterocycles. The Morgan fingerprint density at radius 3 is 1.69 bits per heavy atom. The smallest absolute Gasteiger partial charge is 0.0640 e. The lowest BCUT2D eigenvalue weighted by atomic mass is 9.92. The monoisotopic (exact) mass is 774 g/mol. The van der Waals surface area contributed by atoms with Gasteiger partial charge in [0.25, 0.3) is 0 Å². The van der Waals surface area contributed by atoms with Crippen LogP contribution in [-0.2, 0) is 0 Å². The van der Waals surface area contributed by atoms with E-state index in [9.17, 15) is 0 Å². The Kier molecular flexibility index (Phi) is 7.62. The molecule has 58 heavy (non-hydrogen) atoms. The van der Waals surface area contributed by atoms with E-state index in [1.165, 1.54) is 90.1 Å². The first-order valence-electron chi connectivity index (χ1n) is 19.7. The van der Waals surface area contributed by atoms with Crippen molar-refractivity contribution in [3.8, 4) is 27.9 Å². The van der Waals surface area contributed by atoms with Gasteiger partial charge >= 0.3 is 0 Å². The van der Waals surface area contributed by atoms with Gasteiger partial charge in [-0.3, -0.25) is 0 Å². The van der Waals surface area contributed by atoms with Crippen molar-refractivity contribution < 1.29 is 0 Å². The van der Waals surface area contributed by atoms with Crippen molar-refractivity contribution in [3.63, 3.8) is 0 Å². The highest BCUT2D eigenvalue weighted by Gasteiger charge is 2.23. The zero-order valence-electron chi connectivity index (χ0n) is 31.3. The summed E-state index contributed by atoms with van der Waals surface area (Å²) in [6, 6.07) is 75.7. The predicted octanol–water partition coefficient (Wildman–Crippen LogP) is 16.3. The van der Waals surface area contributed by atoms with E-state index in [0.29, 0.717) is 0 Å². The molecular formula is C54H34N2S2. The van der Waals surface area contributed by atoms with Crippen LogP contribution in [0.25, 0.3) is 90.1 Å². The van der Waals surface area contributed by atoms with Crippen LogP contribution in [0.3, 0.4) is 0 Å². The summed E-state index contributed by atoms with van der Waals surface area (Å²) in [6.45, 7) is 0. The Morgan fingerprint density at radius 1 is 0.345 bits per heavy atom. The maximum atomic E-state index is 2.49. The molecule has 0 aliphatic carbocycles. The Hall–Kier alpha value is -6.98. The number of fused-ring (bicyclic) bond motifs is 9. The number of thiophene rings is 2. The minimum absolute atomic E-state index is 1.11. The molecule has 0 atom stereocenters. The standard InChI is InChI=1S/C54H34N2S2/c1-3-15-35(16-4-1)47-33-37(29-31-39(47)44-22-13-23-45-42-20-8-11-27-51(42)57-53(44)45)55(49-26-14-24-46-43-21-9-12-28-52(43)58-54(46)49)38-30-32-41-40-19-7-10-25-48(40)56(50(41)34-38)36-17-5-2-6-18-36/h1-34H. The summed E-state index contributed by atoms with van der Waals surface area (Å²) < 4.78 is 7.61. The lowest BCUT2D eigenvalue weighted by molar-refractivity contribution is 1.18. The molecule has 4 heteroatoms. The molecule has 0 unspecified atom stereocenters. The summed E-state index contributed by atoms with van der Waals surface area (Å²) in [4.78, 5) is 2.49. The molecule has 0 saturated carbocycles. The maximum Gasteiger partial charge on any atom is 0.0640 e. The van der Waals surface area contributed by atoms with E-state index in [1.807, 2.05) is 22.7 Å². The van der Waals surface area contributed by atoms with E-state index in [1.54, 1.807) is 0 Å². The molecule has 0 fully saturated rings. The zero-order chi connectivity index (χ0) is 38.2. The van der Waals surface area contributed by atoms with E-state index in [4.69, 9.17) is 0 Å². The number of nitrogens with zero attached hydrogens (tertiary/aromatic N) is 2. The fraction of sp³-hybridized carbons (Fsp3) is 0. The summed E-state index contributed by atoms with van der Waals surface area (Å²) in [6.07, 6.45) is 0.